The van der Waals surface area contributed by atoms with Crippen molar-refractivity contribution in [1.29, 1.82) is 0 Å². The summed E-state index contributed by atoms with van der Waals surface area (Å²) >= 11 is 0. The molecule has 3 unspecified atom stereocenters. The number of alkyl halides is 3. The lowest BCUT2D eigenvalue weighted by molar-refractivity contribution is -0.274. The first-order chi connectivity index (χ1) is 8.40. The van der Waals surface area contributed by atoms with Crippen LogP contribution >= 0.6 is 0 Å². The van der Waals surface area contributed by atoms with Crippen molar-refractivity contribution in [1.82, 2.24) is 5.32 Å². The van der Waals surface area contributed by atoms with E-state index in [-0.39, 0.29) is 5.75 Å². The Bertz CT molecular complexity index is 419. The molecule has 1 aliphatic carbocycles. The molecule has 1 aromatic rings. The lowest BCUT2D eigenvalue weighted by atomic mass is 9.67. The zero-order chi connectivity index (χ0) is 13.3. The third-order valence-corrected chi connectivity index (χ3v) is 3.67. The van der Waals surface area contributed by atoms with Crippen LogP contribution in [0.15, 0.2) is 24.3 Å². The summed E-state index contributed by atoms with van der Waals surface area (Å²) in [4.78, 5) is 0. The van der Waals surface area contributed by atoms with Crippen molar-refractivity contribution in [2.45, 2.75) is 31.7 Å². The Labute approximate surface area is 104 Å². The molecule has 0 amide bonds. The molecule has 0 heterocycles. The quantitative estimate of drug-likeness (QED) is 0.899. The van der Waals surface area contributed by atoms with Crippen LogP contribution in [-0.4, -0.2) is 19.5 Å². The maximum absolute atomic E-state index is 12.1. The number of ether oxygens (including phenoxy) is 1. The molecule has 1 fully saturated rings. The number of benzene rings is 1. The van der Waals surface area contributed by atoms with Crippen molar-refractivity contribution in [2.75, 3.05) is 7.05 Å². The SMILES string of the molecule is CNC1CC(c2cccc(OC(F)(F)F)c2)C1C. The van der Waals surface area contributed by atoms with E-state index < -0.39 is 6.36 Å². The molecule has 2 rings (SSSR count). The second-order valence-electron chi connectivity index (χ2n) is 4.72. The lowest BCUT2D eigenvalue weighted by Crippen LogP contribution is -2.46. The van der Waals surface area contributed by atoms with Gasteiger partial charge in [-0.15, -0.1) is 13.2 Å². The third-order valence-electron chi connectivity index (χ3n) is 3.67. The number of hydrogen-bond acceptors (Lipinski definition) is 2. The van der Waals surface area contributed by atoms with E-state index >= 15 is 0 Å². The molecule has 0 aliphatic heterocycles. The van der Waals surface area contributed by atoms with Crippen molar-refractivity contribution in [2.24, 2.45) is 5.92 Å². The Morgan fingerprint density at radius 1 is 1.33 bits per heavy atom. The molecule has 0 spiro atoms. The van der Waals surface area contributed by atoms with Gasteiger partial charge in [-0.1, -0.05) is 19.1 Å². The van der Waals surface area contributed by atoms with E-state index in [0.717, 1.165) is 12.0 Å². The van der Waals surface area contributed by atoms with Crippen molar-refractivity contribution >= 4 is 0 Å². The van der Waals surface area contributed by atoms with Crippen molar-refractivity contribution in [3.05, 3.63) is 29.8 Å². The van der Waals surface area contributed by atoms with E-state index in [1.54, 1.807) is 6.07 Å². The molecule has 2 nitrogen and oxygen atoms in total. The van der Waals surface area contributed by atoms with Crippen molar-refractivity contribution < 1.29 is 17.9 Å². The Morgan fingerprint density at radius 3 is 2.61 bits per heavy atom. The average molecular weight is 259 g/mol. The number of hydrogen-bond donors (Lipinski definition) is 1. The average Bonchev–Trinajstić information content (AvgIpc) is 2.26. The van der Waals surface area contributed by atoms with Gasteiger partial charge in [0.2, 0.25) is 0 Å². The van der Waals surface area contributed by atoms with Gasteiger partial charge in [-0.25, -0.2) is 0 Å². The monoisotopic (exact) mass is 259 g/mol. The van der Waals surface area contributed by atoms with E-state index in [1.165, 1.54) is 12.1 Å². The largest absolute Gasteiger partial charge is 0.573 e. The molecule has 1 aromatic carbocycles. The standard InChI is InChI=1S/C13H16F3NO/c1-8-11(7-12(8)17-2)9-4-3-5-10(6-9)18-13(14,15)16/h3-6,8,11-12,17H,7H2,1-2H3. The minimum atomic E-state index is -4.63. The smallest absolute Gasteiger partial charge is 0.406 e. The van der Waals surface area contributed by atoms with Gasteiger partial charge >= 0.3 is 6.36 Å². The zero-order valence-corrected chi connectivity index (χ0v) is 10.3. The Hall–Kier alpha value is -1.23. The Kier molecular flexibility index (Phi) is 3.52. The summed E-state index contributed by atoms with van der Waals surface area (Å²) in [6.45, 7) is 2.10. The van der Waals surface area contributed by atoms with Crippen molar-refractivity contribution in [3.8, 4) is 5.75 Å². The number of nitrogens with one attached hydrogen (secondary N) is 1. The Balaban J connectivity index is 2.09. The molecule has 3 atom stereocenters. The summed E-state index contributed by atoms with van der Waals surface area (Å²) in [5.41, 5.74) is 0.913. The van der Waals surface area contributed by atoms with Gasteiger partial charge in [-0.2, -0.15) is 0 Å². The molecule has 0 radical (unpaired) electrons. The molecular formula is C13H16F3NO. The maximum atomic E-state index is 12.1. The molecule has 18 heavy (non-hydrogen) atoms. The molecule has 100 valence electrons. The van der Waals surface area contributed by atoms with Gasteiger partial charge in [0.1, 0.15) is 5.75 Å². The first-order valence-corrected chi connectivity index (χ1v) is 5.93. The second kappa shape index (κ2) is 4.80. The van der Waals surface area contributed by atoms with Gasteiger partial charge in [0, 0.05) is 6.04 Å². The fourth-order valence-corrected chi connectivity index (χ4v) is 2.55. The lowest BCUT2D eigenvalue weighted by Gasteiger charge is -2.43. The van der Waals surface area contributed by atoms with Crippen molar-refractivity contribution in [3.63, 3.8) is 0 Å². The highest BCUT2D eigenvalue weighted by molar-refractivity contribution is 5.33. The summed E-state index contributed by atoms with van der Waals surface area (Å²) in [5.74, 6) is 0.593. The third kappa shape index (κ3) is 2.77. The molecule has 0 aromatic heterocycles. The van der Waals surface area contributed by atoms with Gasteiger partial charge < -0.3 is 10.1 Å². The summed E-state index contributed by atoms with van der Waals surface area (Å²) in [5, 5.41) is 3.19. The molecular weight excluding hydrogens is 243 g/mol. The first kappa shape index (κ1) is 13.2. The predicted octanol–water partition coefficient (Wildman–Crippen LogP) is 3.30. The minimum Gasteiger partial charge on any atom is -0.406 e. The highest BCUT2D eigenvalue weighted by atomic mass is 19.4. The van der Waals surface area contributed by atoms with Crippen LogP contribution in [0.2, 0.25) is 0 Å². The normalized spacial score (nSPS) is 27.7. The van der Waals surface area contributed by atoms with E-state index in [0.29, 0.717) is 17.9 Å². The van der Waals surface area contributed by atoms with Crippen LogP contribution in [0.25, 0.3) is 0 Å². The van der Waals surface area contributed by atoms with Crippen LogP contribution in [0.4, 0.5) is 13.2 Å². The van der Waals surface area contributed by atoms with Crippen LogP contribution in [0, 0.1) is 5.92 Å². The Morgan fingerprint density at radius 2 is 2.06 bits per heavy atom. The molecule has 1 N–H and O–H groups in total. The minimum absolute atomic E-state index is 0.139. The van der Waals surface area contributed by atoms with Gasteiger partial charge in [-0.3, -0.25) is 0 Å². The van der Waals surface area contributed by atoms with Crippen LogP contribution in [0.5, 0.6) is 5.75 Å². The van der Waals surface area contributed by atoms with E-state index in [2.05, 4.69) is 17.0 Å². The van der Waals surface area contributed by atoms with E-state index in [4.69, 9.17) is 0 Å². The van der Waals surface area contributed by atoms with Crippen LogP contribution in [0.3, 0.4) is 0 Å². The van der Waals surface area contributed by atoms with E-state index in [9.17, 15) is 13.2 Å². The van der Waals surface area contributed by atoms with Crippen LogP contribution < -0.4 is 10.1 Å². The molecule has 0 saturated heterocycles. The first-order valence-electron chi connectivity index (χ1n) is 5.93. The van der Waals surface area contributed by atoms with Gasteiger partial charge in [-0.05, 0) is 43.0 Å². The summed E-state index contributed by atoms with van der Waals surface area (Å²) in [6, 6.07) is 6.73. The van der Waals surface area contributed by atoms with Crippen LogP contribution in [0.1, 0.15) is 24.8 Å². The summed E-state index contributed by atoms with van der Waals surface area (Å²) < 4.78 is 40.3. The second-order valence-corrected chi connectivity index (χ2v) is 4.72. The van der Waals surface area contributed by atoms with Gasteiger partial charge in [0.15, 0.2) is 0 Å². The predicted molar refractivity (Wildman–Crippen MR) is 62.5 cm³/mol. The van der Waals surface area contributed by atoms with E-state index in [1.807, 2.05) is 13.1 Å². The van der Waals surface area contributed by atoms with Crippen LogP contribution in [-0.2, 0) is 0 Å². The summed E-state index contributed by atoms with van der Waals surface area (Å²) in [6.07, 6.45) is -3.68. The summed E-state index contributed by atoms with van der Waals surface area (Å²) in [7, 11) is 1.90. The number of halogens is 3. The molecule has 0 bridgehead atoms. The zero-order valence-electron chi connectivity index (χ0n) is 10.3. The maximum Gasteiger partial charge on any atom is 0.573 e. The fourth-order valence-electron chi connectivity index (χ4n) is 2.55. The van der Waals surface area contributed by atoms with Gasteiger partial charge in [0.05, 0.1) is 0 Å². The fraction of sp³-hybridized carbons (Fsp3) is 0.538. The topological polar surface area (TPSA) is 21.3 Å². The van der Waals surface area contributed by atoms with Gasteiger partial charge in [0.25, 0.3) is 0 Å². The molecule has 1 aliphatic rings. The highest BCUT2D eigenvalue weighted by Crippen LogP contribution is 2.43. The molecule has 5 heteroatoms. The molecule has 1 saturated carbocycles. The highest BCUT2D eigenvalue weighted by Gasteiger charge is 2.38. The number of rotatable bonds is 3.